The Balaban J connectivity index is 1.35. The van der Waals surface area contributed by atoms with Crippen LogP contribution in [0.2, 0.25) is 0 Å². The number of aromatic nitrogens is 3. The lowest BCUT2D eigenvalue weighted by molar-refractivity contribution is -0.138. The molecule has 206 valence electrons. The number of amides is 1. The Bertz CT molecular complexity index is 1580. The fourth-order valence-electron chi connectivity index (χ4n) is 6.01. The molecule has 2 aliphatic rings. The maximum atomic E-state index is 14.3. The molecule has 1 aromatic heterocycles. The van der Waals surface area contributed by atoms with E-state index in [1.54, 1.807) is 18.5 Å². The number of rotatable bonds is 5. The van der Waals surface area contributed by atoms with Gasteiger partial charge in [-0.1, -0.05) is 43.3 Å². The number of nitrogens with zero attached hydrogens (tertiary/aromatic N) is 5. The molecule has 1 amide bonds. The molecular weight excluding hydrogens is 515 g/mol. The van der Waals surface area contributed by atoms with Gasteiger partial charge >= 0.3 is 6.18 Å². The summed E-state index contributed by atoms with van der Waals surface area (Å²) in [5, 5.41) is 8.22. The number of carbonyl (C=O) groups is 1. The number of hydrogen-bond acceptors (Lipinski definition) is 4. The van der Waals surface area contributed by atoms with Gasteiger partial charge in [-0.3, -0.25) is 9.69 Å². The molecule has 0 aliphatic carbocycles. The molecule has 40 heavy (non-hydrogen) atoms. The highest BCUT2D eigenvalue weighted by molar-refractivity contribution is 6.10. The molecule has 6 nitrogen and oxygen atoms in total. The van der Waals surface area contributed by atoms with Crippen molar-refractivity contribution in [1.29, 1.82) is 0 Å². The van der Waals surface area contributed by atoms with Crippen molar-refractivity contribution < 1.29 is 18.0 Å². The second-order valence-corrected chi connectivity index (χ2v) is 10.9. The smallest absolute Gasteiger partial charge is 0.317 e. The number of benzene rings is 3. The van der Waals surface area contributed by atoms with Crippen molar-refractivity contribution in [3.63, 3.8) is 0 Å². The topological polar surface area (TPSA) is 54.3 Å². The van der Waals surface area contributed by atoms with Gasteiger partial charge < -0.3 is 9.47 Å². The summed E-state index contributed by atoms with van der Waals surface area (Å²) in [6, 6.07) is 18.0. The van der Waals surface area contributed by atoms with E-state index >= 15 is 0 Å². The lowest BCUT2D eigenvalue weighted by Gasteiger charge is -2.31. The first-order valence-electron chi connectivity index (χ1n) is 13.5. The quantitative estimate of drug-likeness (QED) is 0.285. The van der Waals surface area contributed by atoms with Crippen LogP contribution in [-0.2, 0) is 26.3 Å². The van der Waals surface area contributed by atoms with Gasteiger partial charge in [-0.05, 0) is 71.8 Å². The zero-order chi connectivity index (χ0) is 28.0. The Kier molecular flexibility index (Phi) is 6.70. The van der Waals surface area contributed by atoms with Crippen LogP contribution in [0.5, 0.6) is 0 Å². The number of aryl methyl sites for hydroxylation is 1. The van der Waals surface area contributed by atoms with Crippen molar-refractivity contribution in [2.24, 2.45) is 13.0 Å². The Morgan fingerprint density at radius 2 is 1.80 bits per heavy atom. The number of alkyl halides is 3. The third-order valence-electron chi connectivity index (χ3n) is 7.90. The number of piperidine rings is 1. The Morgan fingerprint density at radius 3 is 2.52 bits per heavy atom. The monoisotopic (exact) mass is 545 g/mol. The number of halogens is 3. The highest BCUT2D eigenvalue weighted by atomic mass is 19.4. The van der Waals surface area contributed by atoms with Gasteiger partial charge in [0, 0.05) is 37.0 Å². The van der Waals surface area contributed by atoms with Crippen molar-refractivity contribution in [3.05, 3.63) is 89.2 Å². The van der Waals surface area contributed by atoms with E-state index in [-0.39, 0.29) is 17.7 Å². The van der Waals surface area contributed by atoms with Crippen molar-refractivity contribution in [2.75, 3.05) is 18.0 Å². The molecule has 0 N–H and O–H groups in total. The molecule has 9 heteroatoms. The first-order valence-corrected chi connectivity index (χ1v) is 13.5. The molecule has 0 saturated carbocycles. The number of hydrogen-bond donors (Lipinski definition) is 0. The minimum Gasteiger partial charge on any atom is -0.317 e. The summed E-state index contributed by atoms with van der Waals surface area (Å²) in [6.45, 7) is 4.14. The molecule has 0 bridgehead atoms. The van der Waals surface area contributed by atoms with Crippen LogP contribution in [0.1, 0.15) is 46.8 Å². The number of likely N-dealkylation sites (tertiary alicyclic amines) is 1. The average molecular weight is 546 g/mol. The van der Waals surface area contributed by atoms with E-state index in [0.29, 0.717) is 29.5 Å². The molecule has 0 spiro atoms. The third kappa shape index (κ3) is 4.90. The zero-order valence-corrected chi connectivity index (χ0v) is 22.4. The van der Waals surface area contributed by atoms with E-state index in [2.05, 4.69) is 22.0 Å². The molecule has 0 radical (unpaired) electrons. The van der Waals surface area contributed by atoms with Crippen LogP contribution >= 0.6 is 0 Å². The summed E-state index contributed by atoms with van der Waals surface area (Å²) in [6.07, 6.45) is -0.769. The Labute approximate surface area is 231 Å². The van der Waals surface area contributed by atoms with Crippen molar-refractivity contribution in [3.8, 4) is 22.5 Å². The minimum absolute atomic E-state index is 0.0400. The maximum Gasteiger partial charge on any atom is 0.416 e. The van der Waals surface area contributed by atoms with E-state index in [1.165, 1.54) is 11.0 Å². The second kappa shape index (κ2) is 10.2. The van der Waals surface area contributed by atoms with Gasteiger partial charge in [-0.2, -0.15) is 13.2 Å². The van der Waals surface area contributed by atoms with Gasteiger partial charge in [0.05, 0.1) is 12.1 Å². The van der Waals surface area contributed by atoms with Gasteiger partial charge in [0.1, 0.15) is 6.33 Å². The van der Waals surface area contributed by atoms with Crippen LogP contribution in [0.3, 0.4) is 0 Å². The van der Waals surface area contributed by atoms with Crippen LogP contribution in [0.15, 0.2) is 67.0 Å². The van der Waals surface area contributed by atoms with Gasteiger partial charge in [-0.15, -0.1) is 10.2 Å². The number of anilines is 1. The van der Waals surface area contributed by atoms with Crippen LogP contribution in [0, 0.1) is 5.92 Å². The Hall–Kier alpha value is -3.98. The van der Waals surface area contributed by atoms with E-state index < -0.39 is 17.6 Å². The van der Waals surface area contributed by atoms with E-state index in [0.717, 1.165) is 42.6 Å². The zero-order valence-electron chi connectivity index (χ0n) is 22.4. The number of carbonyl (C=O) groups excluding carboxylic acids is 1. The van der Waals surface area contributed by atoms with Crippen LogP contribution in [-0.4, -0.2) is 38.7 Å². The van der Waals surface area contributed by atoms with E-state index in [1.807, 2.05) is 54.1 Å². The molecule has 3 heterocycles. The van der Waals surface area contributed by atoms with Crippen LogP contribution < -0.4 is 4.90 Å². The van der Waals surface area contributed by atoms with Crippen LogP contribution in [0.25, 0.3) is 22.5 Å². The molecule has 1 atom stereocenters. The fourth-order valence-corrected chi connectivity index (χ4v) is 6.01. The van der Waals surface area contributed by atoms with Gasteiger partial charge in [-0.25, -0.2) is 0 Å². The summed E-state index contributed by atoms with van der Waals surface area (Å²) in [7, 11) is 1.86. The predicted molar refractivity (Wildman–Crippen MR) is 148 cm³/mol. The molecule has 0 unspecified atom stereocenters. The molecule has 4 aromatic rings. The largest absolute Gasteiger partial charge is 0.416 e. The lowest BCUT2D eigenvalue weighted by Crippen LogP contribution is -2.33. The van der Waals surface area contributed by atoms with Gasteiger partial charge in [0.2, 0.25) is 0 Å². The first kappa shape index (κ1) is 26.3. The normalized spacial score (nSPS) is 17.9. The highest BCUT2D eigenvalue weighted by Gasteiger charge is 2.40. The molecule has 1 saturated heterocycles. The Morgan fingerprint density at radius 1 is 1.00 bits per heavy atom. The lowest BCUT2D eigenvalue weighted by atomic mass is 9.96. The summed E-state index contributed by atoms with van der Waals surface area (Å²) in [5.41, 5.74) is 3.12. The van der Waals surface area contributed by atoms with E-state index in [9.17, 15) is 18.0 Å². The minimum atomic E-state index is -4.55. The first-order chi connectivity index (χ1) is 19.2. The second-order valence-electron chi connectivity index (χ2n) is 10.9. The molecule has 2 aliphatic heterocycles. The standard InChI is InChI=1S/C31H30F3N5O/c1-20-7-6-12-38(16-20)17-21-13-26-27(28(14-21)31(32,33)34)18-39(30(26)40)23-9-5-8-22(15-23)24-10-3-4-11-25(24)29-36-35-19-37(29)2/h3-5,8-11,13-15,19-20H,6-7,12,16-18H2,1-2H3/t20-/m1/s1. The fraction of sp³-hybridized carbons (Fsp3) is 0.323. The predicted octanol–water partition coefficient (Wildman–Crippen LogP) is 6.56. The summed E-state index contributed by atoms with van der Waals surface area (Å²) in [5.74, 6) is 0.790. The third-order valence-corrected chi connectivity index (χ3v) is 7.90. The average Bonchev–Trinajstić information content (AvgIpc) is 3.50. The van der Waals surface area contributed by atoms with Crippen LogP contribution in [0.4, 0.5) is 18.9 Å². The summed E-state index contributed by atoms with van der Waals surface area (Å²) < 4.78 is 44.6. The molecular formula is C31H30F3N5O. The van der Waals surface area contributed by atoms with Gasteiger partial charge in [0.15, 0.2) is 5.82 Å². The SMILES string of the molecule is C[C@@H]1CCCN(Cc2cc3c(c(C(F)(F)F)c2)CN(c2cccc(-c4ccccc4-c4nncn4C)c2)C3=O)C1. The molecule has 1 fully saturated rings. The van der Waals surface area contributed by atoms with Crippen molar-refractivity contribution >= 4 is 11.6 Å². The molecule has 3 aromatic carbocycles. The van der Waals surface area contributed by atoms with Crippen molar-refractivity contribution in [2.45, 2.75) is 39.0 Å². The highest BCUT2D eigenvalue weighted by Crippen LogP contribution is 2.41. The molecule has 6 rings (SSSR count). The maximum absolute atomic E-state index is 14.3. The number of fused-ring (bicyclic) bond motifs is 1. The van der Waals surface area contributed by atoms with Gasteiger partial charge in [0.25, 0.3) is 5.91 Å². The summed E-state index contributed by atoms with van der Waals surface area (Å²) >= 11 is 0. The van der Waals surface area contributed by atoms with Crippen molar-refractivity contribution in [1.82, 2.24) is 19.7 Å². The van der Waals surface area contributed by atoms with E-state index in [4.69, 9.17) is 0 Å². The summed E-state index contributed by atoms with van der Waals surface area (Å²) in [4.78, 5) is 17.3.